The van der Waals surface area contributed by atoms with E-state index in [2.05, 4.69) is 10.3 Å². The standard InChI is InChI=1S/C11H10Cl2N2O3S/c12-6-1-2-7(13)14-8(6)9(16)15-11(10(17)18)3-4-19-5-11/h1-2H,3-5H2,(H,15,16)(H,17,18). The van der Waals surface area contributed by atoms with Crippen molar-refractivity contribution in [1.82, 2.24) is 10.3 Å². The van der Waals surface area contributed by atoms with Crippen LogP contribution in [0.25, 0.3) is 0 Å². The van der Waals surface area contributed by atoms with Crippen LogP contribution in [0.3, 0.4) is 0 Å². The minimum absolute atomic E-state index is 0.0632. The zero-order chi connectivity index (χ0) is 14.0. The maximum atomic E-state index is 12.1. The molecule has 102 valence electrons. The van der Waals surface area contributed by atoms with Crippen LogP contribution >= 0.6 is 35.0 Å². The number of halogens is 2. The van der Waals surface area contributed by atoms with Gasteiger partial charge >= 0.3 is 5.97 Å². The number of carboxylic acid groups (broad SMARTS) is 1. The molecule has 1 fully saturated rings. The van der Waals surface area contributed by atoms with E-state index in [0.29, 0.717) is 17.9 Å². The predicted octanol–water partition coefficient (Wildman–Crippen LogP) is 2.08. The van der Waals surface area contributed by atoms with E-state index < -0.39 is 17.4 Å². The van der Waals surface area contributed by atoms with Gasteiger partial charge in [-0.3, -0.25) is 4.79 Å². The molecular formula is C11H10Cl2N2O3S. The summed E-state index contributed by atoms with van der Waals surface area (Å²) in [6, 6.07) is 2.90. The van der Waals surface area contributed by atoms with Crippen LogP contribution in [0.5, 0.6) is 0 Å². The van der Waals surface area contributed by atoms with Crippen LogP contribution in [0, 0.1) is 0 Å². The number of carbonyl (C=O) groups is 2. The Morgan fingerprint density at radius 2 is 2.16 bits per heavy atom. The maximum absolute atomic E-state index is 12.1. The zero-order valence-corrected chi connectivity index (χ0v) is 12.0. The molecule has 0 aliphatic carbocycles. The first kappa shape index (κ1) is 14.4. The maximum Gasteiger partial charge on any atom is 0.330 e. The van der Waals surface area contributed by atoms with Crippen molar-refractivity contribution in [3.63, 3.8) is 0 Å². The normalized spacial score (nSPS) is 22.2. The topological polar surface area (TPSA) is 79.3 Å². The number of hydrogen-bond donors (Lipinski definition) is 2. The Hall–Kier alpha value is -0.980. The van der Waals surface area contributed by atoms with Crippen LogP contribution < -0.4 is 5.32 Å². The van der Waals surface area contributed by atoms with Crippen LogP contribution in [0.2, 0.25) is 10.2 Å². The molecule has 0 radical (unpaired) electrons. The second kappa shape index (κ2) is 5.56. The van der Waals surface area contributed by atoms with E-state index in [4.69, 9.17) is 23.2 Å². The van der Waals surface area contributed by atoms with E-state index in [-0.39, 0.29) is 15.9 Å². The van der Waals surface area contributed by atoms with Gasteiger partial charge in [-0.1, -0.05) is 23.2 Å². The van der Waals surface area contributed by atoms with Gasteiger partial charge in [0.2, 0.25) is 0 Å². The molecule has 1 aromatic heterocycles. The molecular weight excluding hydrogens is 311 g/mol. The van der Waals surface area contributed by atoms with Crippen molar-refractivity contribution in [2.45, 2.75) is 12.0 Å². The monoisotopic (exact) mass is 320 g/mol. The highest BCUT2D eigenvalue weighted by atomic mass is 35.5. The number of nitrogens with zero attached hydrogens (tertiary/aromatic N) is 1. The van der Waals surface area contributed by atoms with Gasteiger partial charge in [0.25, 0.3) is 5.91 Å². The lowest BCUT2D eigenvalue weighted by Crippen LogP contribution is -2.55. The van der Waals surface area contributed by atoms with Gasteiger partial charge in [-0.05, 0) is 24.3 Å². The third-order valence-electron chi connectivity index (χ3n) is 2.81. The SMILES string of the molecule is O=C(NC1(C(=O)O)CCSC1)c1nc(Cl)ccc1Cl. The number of amides is 1. The summed E-state index contributed by atoms with van der Waals surface area (Å²) in [5, 5.41) is 12.0. The number of carboxylic acids is 1. The van der Waals surface area contributed by atoms with Crippen molar-refractivity contribution < 1.29 is 14.7 Å². The molecule has 1 aliphatic rings. The summed E-state index contributed by atoms with van der Waals surface area (Å²) in [5.74, 6) is -0.670. The smallest absolute Gasteiger partial charge is 0.330 e. The number of thioether (sulfide) groups is 1. The van der Waals surface area contributed by atoms with E-state index in [9.17, 15) is 14.7 Å². The average Bonchev–Trinajstić information content (AvgIpc) is 2.82. The zero-order valence-electron chi connectivity index (χ0n) is 9.65. The molecule has 0 spiro atoms. The van der Waals surface area contributed by atoms with Crippen molar-refractivity contribution >= 4 is 46.8 Å². The Morgan fingerprint density at radius 1 is 1.42 bits per heavy atom. The lowest BCUT2D eigenvalue weighted by Gasteiger charge is -2.24. The highest BCUT2D eigenvalue weighted by Crippen LogP contribution is 2.29. The summed E-state index contributed by atoms with van der Waals surface area (Å²) in [5.41, 5.74) is -1.32. The van der Waals surface area contributed by atoms with E-state index in [0.717, 1.165) is 0 Å². The van der Waals surface area contributed by atoms with Gasteiger partial charge < -0.3 is 10.4 Å². The summed E-state index contributed by atoms with van der Waals surface area (Å²) < 4.78 is 0. The second-order valence-corrected chi connectivity index (χ2v) is 6.01. The summed E-state index contributed by atoms with van der Waals surface area (Å²) in [6.45, 7) is 0. The van der Waals surface area contributed by atoms with Crippen molar-refractivity contribution in [2.24, 2.45) is 0 Å². The number of aliphatic carboxylic acids is 1. The first-order chi connectivity index (χ1) is 8.94. The van der Waals surface area contributed by atoms with Crippen molar-refractivity contribution in [3.8, 4) is 0 Å². The third-order valence-corrected chi connectivity index (χ3v) is 4.52. The second-order valence-electron chi connectivity index (χ2n) is 4.11. The fourth-order valence-corrected chi connectivity index (χ4v) is 3.40. The molecule has 1 aromatic rings. The van der Waals surface area contributed by atoms with Gasteiger partial charge in [-0.2, -0.15) is 11.8 Å². The van der Waals surface area contributed by atoms with Gasteiger partial charge in [0.05, 0.1) is 5.02 Å². The van der Waals surface area contributed by atoms with Crippen molar-refractivity contribution in [3.05, 3.63) is 28.0 Å². The molecule has 0 saturated carbocycles. The molecule has 8 heteroatoms. The van der Waals surface area contributed by atoms with Crippen LogP contribution in [0.15, 0.2) is 12.1 Å². The van der Waals surface area contributed by atoms with Crippen molar-refractivity contribution in [1.29, 1.82) is 0 Å². The molecule has 2 rings (SSSR count). The molecule has 1 amide bonds. The van der Waals surface area contributed by atoms with Crippen LogP contribution in [0.1, 0.15) is 16.9 Å². The average molecular weight is 321 g/mol. The summed E-state index contributed by atoms with van der Waals surface area (Å²) >= 11 is 13.1. The molecule has 0 bridgehead atoms. The molecule has 1 saturated heterocycles. The van der Waals surface area contributed by atoms with Crippen molar-refractivity contribution in [2.75, 3.05) is 11.5 Å². The van der Waals surface area contributed by atoms with Gasteiger partial charge in [-0.25, -0.2) is 9.78 Å². The third kappa shape index (κ3) is 2.96. The highest BCUT2D eigenvalue weighted by molar-refractivity contribution is 7.99. The van der Waals surface area contributed by atoms with Crippen LogP contribution in [-0.4, -0.2) is 39.0 Å². The van der Waals surface area contributed by atoms with Crippen LogP contribution in [-0.2, 0) is 4.79 Å². The molecule has 2 N–H and O–H groups in total. The Labute approximate surface area is 123 Å². The van der Waals surface area contributed by atoms with E-state index >= 15 is 0 Å². The number of nitrogens with one attached hydrogen (secondary N) is 1. The Kier molecular flexibility index (Phi) is 4.23. The molecule has 1 aliphatic heterocycles. The number of hydrogen-bond acceptors (Lipinski definition) is 4. The van der Waals surface area contributed by atoms with E-state index in [1.807, 2.05) is 0 Å². The predicted molar refractivity (Wildman–Crippen MR) is 74.0 cm³/mol. The number of pyridine rings is 1. The summed E-state index contributed by atoms with van der Waals surface area (Å²) in [7, 11) is 0. The fraction of sp³-hybridized carbons (Fsp3) is 0.364. The first-order valence-corrected chi connectivity index (χ1v) is 7.31. The Balaban J connectivity index is 2.25. The minimum atomic E-state index is -1.25. The van der Waals surface area contributed by atoms with Gasteiger partial charge in [0, 0.05) is 5.75 Å². The molecule has 1 unspecified atom stereocenters. The number of carbonyl (C=O) groups excluding carboxylic acids is 1. The van der Waals surface area contributed by atoms with Crippen LogP contribution in [0.4, 0.5) is 0 Å². The lowest BCUT2D eigenvalue weighted by atomic mass is 9.99. The molecule has 1 atom stereocenters. The lowest BCUT2D eigenvalue weighted by molar-refractivity contribution is -0.143. The van der Waals surface area contributed by atoms with Gasteiger partial charge in [0.1, 0.15) is 16.4 Å². The minimum Gasteiger partial charge on any atom is -0.479 e. The summed E-state index contributed by atoms with van der Waals surface area (Å²) in [6.07, 6.45) is 0.372. The fourth-order valence-electron chi connectivity index (χ4n) is 1.74. The largest absolute Gasteiger partial charge is 0.479 e. The van der Waals surface area contributed by atoms with Gasteiger partial charge in [0.15, 0.2) is 0 Å². The molecule has 19 heavy (non-hydrogen) atoms. The molecule has 2 heterocycles. The number of rotatable bonds is 3. The van der Waals surface area contributed by atoms with E-state index in [1.165, 1.54) is 23.9 Å². The Bertz CT molecular complexity index is 533. The summed E-state index contributed by atoms with van der Waals surface area (Å²) in [4.78, 5) is 27.3. The molecule has 5 nitrogen and oxygen atoms in total. The highest BCUT2D eigenvalue weighted by Gasteiger charge is 2.43. The Morgan fingerprint density at radius 3 is 2.74 bits per heavy atom. The molecule has 0 aromatic carbocycles. The number of aromatic nitrogens is 1. The van der Waals surface area contributed by atoms with Gasteiger partial charge in [-0.15, -0.1) is 0 Å². The first-order valence-electron chi connectivity index (χ1n) is 5.40. The quantitative estimate of drug-likeness (QED) is 0.833. The van der Waals surface area contributed by atoms with E-state index in [1.54, 1.807) is 0 Å².